The molecule has 0 radical (unpaired) electrons. The molecule has 2 amide bonds. The number of hydrogen-bond donors (Lipinski definition) is 1. The van der Waals surface area contributed by atoms with Crippen LogP contribution in [0.4, 0.5) is 0 Å². The molecule has 9 nitrogen and oxygen atoms in total. The molecule has 0 aliphatic carbocycles. The minimum Gasteiger partial charge on any atom is -0.468 e. The van der Waals surface area contributed by atoms with Crippen LogP contribution in [-0.2, 0) is 19.6 Å². The van der Waals surface area contributed by atoms with E-state index in [0.29, 0.717) is 19.6 Å². The van der Waals surface area contributed by atoms with Crippen LogP contribution in [0.2, 0.25) is 0 Å². The van der Waals surface area contributed by atoms with E-state index in [1.807, 2.05) is 12.1 Å². The predicted molar refractivity (Wildman–Crippen MR) is 128 cm³/mol. The Morgan fingerprint density at radius 2 is 1.68 bits per heavy atom. The summed E-state index contributed by atoms with van der Waals surface area (Å²) in [6.45, 7) is 7.27. The molecule has 1 atom stereocenters. The Morgan fingerprint density at radius 1 is 1.00 bits per heavy atom. The number of hydrogen-bond acceptors (Lipinski definition) is 6. The summed E-state index contributed by atoms with van der Waals surface area (Å²) in [6.07, 6.45) is 1.80. The van der Waals surface area contributed by atoms with E-state index < -0.39 is 10.0 Å². The van der Waals surface area contributed by atoms with Crippen molar-refractivity contribution in [3.63, 3.8) is 0 Å². The molecule has 34 heavy (non-hydrogen) atoms. The van der Waals surface area contributed by atoms with Gasteiger partial charge in [-0.15, -0.1) is 0 Å². The highest BCUT2D eigenvalue weighted by Gasteiger charge is 2.30. The topological polar surface area (TPSA) is 103 Å². The SMILES string of the molecule is CCN(CC)C(CNC(=O)CCC(=O)N1CCN(S(=O)(=O)c2ccccc2)CC1)c1ccco1. The third kappa shape index (κ3) is 6.46. The van der Waals surface area contributed by atoms with Gasteiger partial charge in [-0.05, 0) is 37.4 Å². The van der Waals surface area contributed by atoms with Gasteiger partial charge in [-0.1, -0.05) is 32.0 Å². The van der Waals surface area contributed by atoms with Crippen LogP contribution in [0, 0.1) is 0 Å². The summed E-state index contributed by atoms with van der Waals surface area (Å²) in [7, 11) is -3.56. The third-order valence-electron chi connectivity index (χ3n) is 6.16. The largest absolute Gasteiger partial charge is 0.468 e. The molecule has 0 saturated carbocycles. The van der Waals surface area contributed by atoms with E-state index in [9.17, 15) is 18.0 Å². The number of piperazine rings is 1. The summed E-state index contributed by atoms with van der Waals surface area (Å²) in [5.41, 5.74) is 0. The number of carbonyl (C=O) groups is 2. The maximum atomic E-state index is 12.7. The van der Waals surface area contributed by atoms with E-state index >= 15 is 0 Å². The Balaban J connectivity index is 1.44. The van der Waals surface area contributed by atoms with Crippen molar-refractivity contribution in [3.8, 4) is 0 Å². The lowest BCUT2D eigenvalue weighted by atomic mass is 10.1. The Morgan fingerprint density at radius 3 is 2.26 bits per heavy atom. The van der Waals surface area contributed by atoms with E-state index in [0.717, 1.165) is 18.8 Å². The van der Waals surface area contributed by atoms with Gasteiger partial charge in [0.05, 0.1) is 17.2 Å². The Hall–Kier alpha value is -2.69. The first-order valence-electron chi connectivity index (χ1n) is 11.7. The summed E-state index contributed by atoms with van der Waals surface area (Å²) < 4.78 is 32.4. The summed E-state index contributed by atoms with van der Waals surface area (Å²) in [4.78, 5) is 29.1. The molecule has 1 aromatic heterocycles. The molecular formula is C24H34N4O5S. The zero-order valence-electron chi connectivity index (χ0n) is 19.9. The van der Waals surface area contributed by atoms with Gasteiger partial charge < -0.3 is 14.6 Å². The minimum atomic E-state index is -3.56. The van der Waals surface area contributed by atoms with Crippen LogP contribution in [0.1, 0.15) is 38.5 Å². The minimum absolute atomic E-state index is 0.0655. The maximum Gasteiger partial charge on any atom is 0.243 e. The molecular weight excluding hydrogens is 456 g/mol. The van der Waals surface area contributed by atoms with Crippen molar-refractivity contribution in [2.24, 2.45) is 0 Å². The smallest absolute Gasteiger partial charge is 0.243 e. The molecule has 0 bridgehead atoms. The highest BCUT2D eigenvalue weighted by atomic mass is 32.2. The van der Waals surface area contributed by atoms with E-state index in [2.05, 4.69) is 24.1 Å². The van der Waals surface area contributed by atoms with Gasteiger partial charge in [0.25, 0.3) is 0 Å². The van der Waals surface area contributed by atoms with Crippen LogP contribution in [0.5, 0.6) is 0 Å². The van der Waals surface area contributed by atoms with Gasteiger partial charge in [-0.2, -0.15) is 4.31 Å². The standard InChI is InChI=1S/C24H34N4O5S/c1-3-26(4-2)21(22-11-8-18-33-22)19-25-23(29)12-13-24(30)27-14-16-28(17-15-27)34(31,32)20-9-6-5-7-10-20/h5-11,18,21H,3-4,12-17,19H2,1-2H3,(H,25,29). The van der Waals surface area contributed by atoms with Gasteiger partial charge >= 0.3 is 0 Å². The fourth-order valence-corrected chi connectivity index (χ4v) is 5.59. The molecule has 1 saturated heterocycles. The van der Waals surface area contributed by atoms with Crippen molar-refractivity contribution in [1.29, 1.82) is 0 Å². The van der Waals surface area contributed by atoms with E-state index in [1.54, 1.807) is 41.5 Å². The first-order chi connectivity index (χ1) is 16.4. The zero-order valence-corrected chi connectivity index (χ0v) is 20.7. The molecule has 2 heterocycles. The Labute approximate surface area is 201 Å². The van der Waals surface area contributed by atoms with E-state index in [-0.39, 0.29) is 48.7 Å². The molecule has 1 aliphatic heterocycles. The number of carbonyl (C=O) groups excluding carboxylic acids is 2. The van der Waals surface area contributed by atoms with Crippen molar-refractivity contribution < 1.29 is 22.4 Å². The first kappa shape index (κ1) is 25.9. The van der Waals surface area contributed by atoms with Crippen molar-refractivity contribution in [2.75, 3.05) is 45.8 Å². The quantitative estimate of drug-likeness (QED) is 0.517. The average molecular weight is 491 g/mol. The fourth-order valence-electron chi connectivity index (χ4n) is 4.15. The molecule has 3 rings (SSSR count). The van der Waals surface area contributed by atoms with Gasteiger partial charge in [-0.25, -0.2) is 8.42 Å². The van der Waals surface area contributed by atoms with E-state index in [4.69, 9.17) is 4.42 Å². The predicted octanol–water partition coefficient (Wildman–Crippen LogP) is 2.09. The zero-order chi connectivity index (χ0) is 24.6. The highest BCUT2D eigenvalue weighted by Crippen LogP contribution is 2.20. The van der Waals surface area contributed by atoms with Crippen LogP contribution in [-0.4, -0.2) is 80.2 Å². The Kier molecular flexibility index (Phi) is 9.26. The number of benzene rings is 1. The van der Waals surface area contributed by atoms with Gasteiger partial charge in [0.2, 0.25) is 21.8 Å². The molecule has 1 unspecified atom stereocenters. The lowest BCUT2D eigenvalue weighted by Crippen LogP contribution is -2.50. The number of amides is 2. The number of nitrogens with zero attached hydrogens (tertiary/aromatic N) is 3. The summed E-state index contributed by atoms with van der Waals surface area (Å²) in [6, 6.07) is 12.0. The van der Waals surface area contributed by atoms with Crippen LogP contribution >= 0.6 is 0 Å². The van der Waals surface area contributed by atoms with Crippen LogP contribution < -0.4 is 5.32 Å². The number of sulfonamides is 1. The molecule has 0 spiro atoms. The van der Waals surface area contributed by atoms with Gasteiger partial charge in [0, 0.05) is 45.6 Å². The summed E-state index contributed by atoms with van der Waals surface area (Å²) in [5, 5.41) is 2.92. The third-order valence-corrected chi connectivity index (χ3v) is 8.07. The second-order valence-electron chi connectivity index (χ2n) is 8.15. The maximum absolute atomic E-state index is 12.7. The number of likely N-dealkylation sites (N-methyl/N-ethyl adjacent to an activating group) is 1. The Bertz CT molecular complexity index is 1010. The molecule has 1 aromatic carbocycles. The van der Waals surface area contributed by atoms with Crippen molar-refractivity contribution >= 4 is 21.8 Å². The van der Waals surface area contributed by atoms with E-state index in [1.165, 1.54) is 4.31 Å². The molecule has 10 heteroatoms. The highest BCUT2D eigenvalue weighted by molar-refractivity contribution is 7.89. The number of furan rings is 1. The fraction of sp³-hybridized carbons (Fsp3) is 0.500. The van der Waals surface area contributed by atoms with Crippen molar-refractivity contribution in [2.45, 2.75) is 37.6 Å². The van der Waals surface area contributed by atoms with Crippen LogP contribution in [0.3, 0.4) is 0 Å². The molecule has 1 aliphatic rings. The monoisotopic (exact) mass is 490 g/mol. The average Bonchev–Trinajstić information content (AvgIpc) is 3.40. The molecule has 2 aromatic rings. The lowest BCUT2D eigenvalue weighted by Gasteiger charge is -2.34. The van der Waals surface area contributed by atoms with Crippen LogP contribution in [0.15, 0.2) is 58.0 Å². The van der Waals surface area contributed by atoms with Gasteiger partial charge in [0.15, 0.2) is 0 Å². The first-order valence-corrected chi connectivity index (χ1v) is 13.2. The molecule has 186 valence electrons. The van der Waals surface area contributed by atoms with Gasteiger partial charge in [0.1, 0.15) is 5.76 Å². The number of nitrogens with one attached hydrogen (secondary N) is 1. The van der Waals surface area contributed by atoms with Crippen molar-refractivity contribution in [3.05, 3.63) is 54.5 Å². The molecule has 1 N–H and O–H groups in total. The second kappa shape index (κ2) is 12.1. The van der Waals surface area contributed by atoms with Crippen molar-refractivity contribution in [1.82, 2.24) is 19.4 Å². The summed E-state index contributed by atoms with van der Waals surface area (Å²) >= 11 is 0. The normalized spacial score (nSPS) is 15.9. The number of rotatable bonds is 11. The summed E-state index contributed by atoms with van der Waals surface area (Å²) in [5.74, 6) is 0.462. The molecule has 1 fully saturated rings. The second-order valence-corrected chi connectivity index (χ2v) is 10.1. The van der Waals surface area contributed by atoms with Crippen LogP contribution in [0.25, 0.3) is 0 Å². The lowest BCUT2D eigenvalue weighted by molar-refractivity contribution is -0.134. The van der Waals surface area contributed by atoms with Gasteiger partial charge in [-0.3, -0.25) is 14.5 Å².